The zero-order chi connectivity index (χ0) is 21.1. The number of aromatic amines is 1. The quantitative estimate of drug-likeness (QED) is 0.338. The summed E-state index contributed by atoms with van der Waals surface area (Å²) >= 11 is 0. The first kappa shape index (κ1) is 17.3. The van der Waals surface area contributed by atoms with Crippen molar-refractivity contribution in [2.24, 2.45) is 0 Å². The summed E-state index contributed by atoms with van der Waals surface area (Å²) in [5.74, 6) is 0.897. The van der Waals surface area contributed by atoms with E-state index in [1.807, 2.05) is 30.5 Å². The molecule has 0 atom stereocenters. The minimum absolute atomic E-state index is 0.897. The van der Waals surface area contributed by atoms with Gasteiger partial charge in [-0.3, -0.25) is 9.55 Å². The Morgan fingerprint density at radius 3 is 2.31 bits per heavy atom. The third-order valence-corrected chi connectivity index (χ3v) is 6.21. The number of para-hydroxylation sites is 2. The molecular weight excluding hydrogens is 392 g/mol. The number of pyridine rings is 2. The maximum absolute atomic E-state index is 5.05. The largest absolute Gasteiger partial charge is 0.339 e. The van der Waals surface area contributed by atoms with Crippen LogP contribution in [-0.2, 0) is 0 Å². The van der Waals surface area contributed by atoms with E-state index in [1.165, 1.54) is 16.2 Å². The number of H-pyrrole nitrogens is 1. The summed E-state index contributed by atoms with van der Waals surface area (Å²) in [6, 6.07) is 33.7. The van der Waals surface area contributed by atoms with Gasteiger partial charge < -0.3 is 4.98 Å². The van der Waals surface area contributed by atoms with Crippen molar-refractivity contribution < 1.29 is 0 Å². The lowest BCUT2D eigenvalue weighted by Crippen LogP contribution is -1.97. The summed E-state index contributed by atoms with van der Waals surface area (Å²) in [5, 5.41) is 4.76. The van der Waals surface area contributed by atoms with Gasteiger partial charge in [0, 0.05) is 38.8 Å². The molecule has 7 aromatic rings. The Labute approximate surface area is 183 Å². The summed E-state index contributed by atoms with van der Waals surface area (Å²) < 4.78 is 2.25. The minimum Gasteiger partial charge on any atom is -0.339 e. The van der Waals surface area contributed by atoms with Crippen LogP contribution >= 0.6 is 0 Å². The Balaban J connectivity index is 1.55. The minimum atomic E-state index is 0.897. The van der Waals surface area contributed by atoms with Gasteiger partial charge in [0.2, 0.25) is 0 Å². The fraction of sp³-hybridized carbons (Fsp3) is 0. The lowest BCUT2D eigenvalue weighted by atomic mass is 10.1. The molecule has 1 N–H and O–H groups in total. The second-order valence-corrected chi connectivity index (χ2v) is 8.04. The Bertz CT molecular complexity index is 1770. The lowest BCUT2D eigenvalue weighted by molar-refractivity contribution is 1.09. The molecule has 0 aliphatic carbocycles. The van der Waals surface area contributed by atoms with Crippen LogP contribution in [0.5, 0.6) is 0 Å². The predicted octanol–water partition coefficient (Wildman–Crippen LogP) is 6.88. The zero-order valence-electron chi connectivity index (χ0n) is 17.2. The fourth-order valence-electron chi connectivity index (χ4n) is 4.75. The Morgan fingerprint density at radius 1 is 0.625 bits per heavy atom. The van der Waals surface area contributed by atoms with Crippen LogP contribution in [0, 0.1) is 0 Å². The molecule has 3 aromatic carbocycles. The fourth-order valence-corrected chi connectivity index (χ4v) is 4.75. The molecule has 4 heteroatoms. The number of benzene rings is 3. The van der Waals surface area contributed by atoms with Gasteiger partial charge >= 0.3 is 0 Å². The number of fused-ring (bicyclic) bond motifs is 6. The van der Waals surface area contributed by atoms with E-state index in [1.54, 1.807) is 0 Å². The predicted molar refractivity (Wildman–Crippen MR) is 131 cm³/mol. The van der Waals surface area contributed by atoms with Crippen molar-refractivity contribution in [3.05, 3.63) is 103 Å². The molecule has 4 heterocycles. The molecule has 0 radical (unpaired) electrons. The van der Waals surface area contributed by atoms with Gasteiger partial charge in [0.1, 0.15) is 11.5 Å². The van der Waals surface area contributed by atoms with E-state index in [0.29, 0.717) is 0 Å². The molecule has 0 unspecified atom stereocenters. The molecule has 0 aliphatic heterocycles. The highest BCUT2D eigenvalue weighted by atomic mass is 15.1. The highest BCUT2D eigenvalue weighted by Crippen LogP contribution is 2.34. The lowest BCUT2D eigenvalue weighted by Gasteiger charge is -2.08. The second kappa shape index (κ2) is 6.53. The van der Waals surface area contributed by atoms with Crippen LogP contribution in [-0.4, -0.2) is 19.5 Å². The van der Waals surface area contributed by atoms with Crippen molar-refractivity contribution in [2.75, 3.05) is 0 Å². The van der Waals surface area contributed by atoms with Crippen molar-refractivity contribution in [1.29, 1.82) is 0 Å². The zero-order valence-corrected chi connectivity index (χ0v) is 17.2. The van der Waals surface area contributed by atoms with Gasteiger partial charge in [-0.15, -0.1) is 0 Å². The number of hydrogen-bond acceptors (Lipinski definition) is 2. The molecule has 4 aromatic heterocycles. The van der Waals surface area contributed by atoms with Crippen LogP contribution in [0.2, 0.25) is 0 Å². The van der Waals surface area contributed by atoms with Crippen molar-refractivity contribution >= 4 is 43.7 Å². The molecule has 0 fully saturated rings. The molecule has 0 saturated carbocycles. The summed E-state index contributed by atoms with van der Waals surface area (Å²) in [7, 11) is 0. The van der Waals surface area contributed by atoms with Crippen molar-refractivity contribution in [3.63, 3.8) is 0 Å². The van der Waals surface area contributed by atoms with Crippen LogP contribution in [0.25, 0.3) is 60.8 Å². The average molecular weight is 410 g/mol. The van der Waals surface area contributed by atoms with E-state index in [-0.39, 0.29) is 0 Å². The first-order chi connectivity index (χ1) is 15.9. The topological polar surface area (TPSA) is 46.5 Å². The summed E-state index contributed by atoms with van der Waals surface area (Å²) in [5.41, 5.74) is 6.32. The van der Waals surface area contributed by atoms with Crippen LogP contribution in [0.4, 0.5) is 0 Å². The van der Waals surface area contributed by atoms with Gasteiger partial charge in [-0.25, -0.2) is 4.98 Å². The third kappa shape index (κ3) is 2.44. The number of hydrogen-bond donors (Lipinski definition) is 1. The van der Waals surface area contributed by atoms with Gasteiger partial charge in [-0.2, -0.15) is 0 Å². The summed E-state index contributed by atoms with van der Waals surface area (Å²) in [6.45, 7) is 0. The number of nitrogens with one attached hydrogen (secondary N) is 1. The first-order valence-corrected chi connectivity index (χ1v) is 10.7. The van der Waals surface area contributed by atoms with Crippen molar-refractivity contribution in [3.8, 4) is 17.1 Å². The standard InChI is InChI=1S/C28H18N4/c1-3-10-24-19(7-1)22-14-15-27(31-28(22)30-24)32-25-11-4-2-8-20(25)21-13-12-18(17-26(21)32)23-9-5-6-16-29-23/h1-17H,(H,30,31). The summed E-state index contributed by atoms with van der Waals surface area (Å²) in [4.78, 5) is 13.1. The van der Waals surface area contributed by atoms with Crippen LogP contribution in [0.15, 0.2) is 103 Å². The number of rotatable bonds is 2. The van der Waals surface area contributed by atoms with E-state index >= 15 is 0 Å². The van der Waals surface area contributed by atoms with Crippen LogP contribution < -0.4 is 0 Å². The summed E-state index contributed by atoms with van der Waals surface area (Å²) in [6.07, 6.45) is 1.83. The first-order valence-electron chi connectivity index (χ1n) is 10.7. The normalized spacial score (nSPS) is 11.8. The molecule has 4 nitrogen and oxygen atoms in total. The number of aromatic nitrogens is 4. The second-order valence-electron chi connectivity index (χ2n) is 8.04. The van der Waals surface area contributed by atoms with E-state index in [4.69, 9.17) is 4.98 Å². The maximum Gasteiger partial charge on any atom is 0.140 e. The Morgan fingerprint density at radius 2 is 1.41 bits per heavy atom. The van der Waals surface area contributed by atoms with Crippen molar-refractivity contribution in [1.82, 2.24) is 19.5 Å². The molecule has 7 rings (SSSR count). The molecule has 0 amide bonds. The monoisotopic (exact) mass is 410 g/mol. The maximum atomic E-state index is 5.05. The van der Waals surface area contributed by atoms with Crippen LogP contribution in [0.1, 0.15) is 0 Å². The van der Waals surface area contributed by atoms with E-state index < -0.39 is 0 Å². The Kier molecular flexibility index (Phi) is 3.52. The highest BCUT2D eigenvalue weighted by molar-refractivity contribution is 6.10. The van der Waals surface area contributed by atoms with Gasteiger partial charge in [-0.05, 0) is 42.5 Å². The smallest absolute Gasteiger partial charge is 0.140 e. The highest BCUT2D eigenvalue weighted by Gasteiger charge is 2.15. The molecule has 0 saturated heterocycles. The molecule has 150 valence electrons. The Hall–Kier alpha value is -4.44. The third-order valence-electron chi connectivity index (χ3n) is 6.21. The van der Waals surface area contributed by atoms with Gasteiger partial charge in [0.15, 0.2) is 0 Å². The van der Waals surface area contributed by atoms with Crippen molar-refractivity contribution in [2.45, 2.75) is 0 Å². The molecule has 32 heavy (non-hydrogen) atoms. The van der Waals surface area contributed by atoms with Crippen LogP contribution in [0.3, 0.4) is 0 Å². The van der Waals surface area contributed by atoms with Gasteiger partial charge in [-0.1, -0.05) is 54.6 Å². The molecule has 0 bridgehead atoms. The van der Waals surface area contributed by atoms with Gasteiger partial charge in [0.25, 0.3) is 0 Å². The average Bonchev–Trinajstić information content (AvgIpc) is 3.39. The van der Waals surface area contributed by atoms with E-state index in [0.717, 1.165) is 44.7 Å². The molecular formula is C28H18N4. The molecule has 0 aliphatic rings. The van der Waals surface area contributed by atoms with E-state index in [9.17, 15) is 0 Å². The molecule has 0 spiro atoms. The SMILES string of the molecule is c1ccc(-c2ccc3c4ccccc4n(-c4ccc5c(n4)[nH]c4ccccc45)c3c2)nc1. The number of nitrogens with zero attached hydrogens (tertiary/aromatic N) is 3. The van der Waals surface area contributed by atoms with E-state index in [2.05, 4.69) is 87.3 Å². The van der Waals surface area contributed by atoms with Gasteiger partial charge in [0.05, 0.1) is 16.7 Å².